The van der Waals surface area contributed by atoms with E-state index in [4.69, 9.17) is 14.3 Å². The summed E-state index contributed by atoms with van der Waals surface area (Å²) in [6, 6.07) is 21.0. The molecule has 1 saturated heterocycles. The van der Waals surface area contributed by atoms with Gasteiger partial charge in [-0.2, -0.15) is 0 Å². The molecule has 0 radical (unpaired) electrons. The lowest BCUT2D eigenvalue weighted by Gasteiger charge is -2.48. The molecular weight excluding hydrogens is 483 g/mol. The molecule has 2 aliphatic rings. The lowest BCUT2D eigenvalue weighted by molar-refractivity contribution is -0.198. The number of rotatable bonds is 7. The smallest absolute Gasteiger partial charge is 0.267 e. The number of nitrogens with zero attached hydrogens (tertiary/aromatic N) is 1. The van der Waals surface area contributed by atoms with Crippen molar-refractivity contribution in [2.75, 3.05) is 25.2 Å². The van der Waals surface area contributed by atoms with Gasteiger partial charge < -0.3 is 14.4 Å². The molecular formula is C31H33FN2O4. The van der Waals surface area contributed by atoms with Gasteiger partial charge in [0, 0.05) is 31.3 Å². The summed E-state index contributed by atoms with van der Waals surface area (Å²) in [5.41, 5.74) is 7.30. The molecule has 7 heteroatoms. The van der Waals surface area contributed by atoms with Gasteiger partial charge in [-0.3, -0.25) is 4.79 Å². The van der Waals surface area contributed by atoms with E-state index in [0.29, 0.717) is 6.61 Å². The van der Waals surface area contributed by atoms with Crippen LogP contribution in [0.15, 0.2) is 72.8 Å². The molecule has 0 saturated carbocycles. The molecule has 0 spiro atoms. The van der Waals surface area contributed by atoms with Gasteiger partial charge in [0.1, 0.15) is 11.6 Å². The normalized spacial score (nSPS) is 21.2. The van der Waals surface area contributed by atoms with Crippen LogP contribution in [-0.4, -0.2) is 32.5 Å². The van der Waals surface area contributed by atoms with Crippen molar-refractivity contribution >= 4 is 17.7 Å². The van der Waals surface area contributed by atoms with Gasteiger partial charge in [0.25, 0.3) is 5.91 Å². The maximum absolute atomic E-state index is 13.7. The number of amides is 1. The second-order valence-corrected chi connectivity index (χ2v) is 9.81. The first kappa shape index (κ1) is 25.9. The van der Waals surface area contributed by atoms with Crippen molar-refractivity contribution in [2.45, 2.75) is 44.4 Å². The molecule has 5 rings (SSSR count). The minimum Gasteiger partial charge on any atom is -0.497 e. The quantitative estimate of drug-likeness (QED) is 0.320. The number of carbonyl (C=O) groups excluding carboxylic acids is 1. The Morgan fingerprint density at radius 3 is 2.61 bits per heavy atom. The molecule has 2 unspecified atom stereocenters. The molecule has 2 heterocycles. The molecule has 38 heavy (non-hydrogen) atoms. The molecule has 0 aromatic heterocycles. The molecule has 1 N–H and O–H groups in total. The topological polar surface area (TPSA) is 60.0 Å². The summed E-state index contributed by atoms with van der Waals surface area (Å²) in [4.78, 5) is 19.9. The van der Waals surface area contributed by atoms with Gasteiger partial charge in [0.05, 0.1) is 12.6 Å². The minimum absolute atomic E-state index is 0.255. The SMILES string of the molecule is COc1ccc2c(c1)CCN(c1ccc(F)cc1)C2(C)c1ccc(C=CC(=O)NOC2CCCCO2)cc1. The Balaban J connectivity index is 1.39. The first-order valence-electron chi connectivity index (χ1n) is 13.0. The Bertz CT molecular complexity index is 1290. The molecule has 3 aromatic carbocycles. The number of hydrogen-bond donors (Lipinski definition) is 1. The van der Waals surface area contributed by atoms with Crippen molar-refractivity contribution in [3.8, 4) is 5.75 Å². The van der Waals surface area contributed by atoms with Gasteiger partial charge in [-0.15, -0.1) is 0 Å². The zero-order valence-corrected chi connectivity index (χ0v) is 21.8. The van der Waals surface area contributed by atoms with E-state index in [0.717, 1.165) is 54.8 Å². The second kappa shape index (κ2) is 11.4. The summed E-state index contributed by atoms with van der Waals surface area (Å²) in [6.07, 6.45) is 6.49. The van der Waals surface area contributed by atoms with Crippen LogP contribution >= 0.6 is 0 Å². The minimum atomic E-state index is -0.495. The van der Waals surface area contributed by atoms with Crippen LogP contribution in [0.5, 0.6) is 5.75 Å². The number of nitrogens with one attached hydrogen (secondary N) is 1. The predicted octanol–water partition coefficient (Wildman–Crippen LogP) is 5.75. The third-order valence-electron chi connectivity index (χ3n) is 7.45. The van der Waals surface area contributed by atoms with Crippen molar-refractivity contribution in [1.82, 2.24) is 5.48 Å². The largest absolute Gasteiger partial charge is 0.497 e. The lowest BCUT2D eigenvalue weighted by atomic mass is 9.76. The van der Waals surface area contributed by atoms with E-state index in [1.165, 1.54) is 29.3 Å². The number of carbonyl (C=O) groups is 1. The summed E-state index contributed by atoms with van der Waals surface area (Å²) >= 11 is 0. The zero-order valence-electron chi connectivity index (χ0n) is 21.8. The maximum Gasteiger partial charge on any atom is 0.267 e. The van der Waals surface area contributed by atoms with Crippen molar-refractivity contribution in [3.63, 3.8) is 0 Å². The highest BCUT2D eigenvalue weighted by Crippen LogP contribution is 2.44. The van der Waals surface area contributed by atoms with Gasteiger partial charge in [-0.05, 0) is 90.9 Å². The van der Waals surface area contributed by atoms with Gasteiger partial charge >= 0.3 is 0 Å². The highest BCUT2D eigenvalue weighted by Gasteiger charge is 2.40. The van der Waals surface area contributed by atoms with E-state index in [1.54, 1.807) is 13.2 Å². The number of methoxy groups -OCH3 is 1. The van der Waals surface area contributed by atoms with Crippen LogP contribution in [-0.2, 0) is 26.3 Å². The van der Waals surface area contributed by atoms with Crippen LogP contribution in [0.2, 0.25) is 0 Å². The van der Waals surface area contributed by atoms with Crippen molar-refractivity contribution in [3.05, 3.63) is 101 Å². The average molecular weight is 517 g/mol. The van der Waals surface area contributed by atoms with E-state index in [9.17, 15) is 9.18 Å². The number of benzene rings is 3. The van der Waals surface area contributed by atoms with Crippen molar-refractivity contribution < 1.29 is 23.5 Å². The van der Waals surface area contributed by atoms with Crippen LogP contribution in [0.4, 0.5) is 10.1 Å². The van der Waals surface area contributed by atoms with E-state index < -0.39 is 5.54 Å². The number of hydrogen-bond acceptors (Lipinski definition) is 5. The summed E-state index contributed by atoms with van der Waals surface area (Å²) in [5, 5.41) is 0. The molecule has 1 fully saturated rings. The van der Waals surface area contributed by atoms with Crippen LogP contribution in [0.25, 0.3) is 6.08 Å². The van der Waals surface area contributed by atoms with E-state index in [1.807, 2.05) is 30.3 Å². The number of hydroxylamine groups is 1. The van der Waals surface area contributed by atoms with Crippen molar-refractivity contribution in [2.24, 2.45) is 0 Å². The Hall–Kier alpha value is -3.68. The molecule has 2 aliphatic heterocycles. The highest BCUT2D eigenvalue weighted by atomic mass is 19.1. The third-order valence-corrected chi connectivity index (χ3v) is 7.45. The first-order chi connectivity index (χ1) is 18.5. The average Bonchev–Trinajstić information content (AvgIpc) is 2.96. The summed E-state index contributed by atoms with van der Waals surface area (Å²) < 4.78 is 24.7. The number of ether oxygens (including phenoxy) is 2. The fourth-order valence-corrected chi connectivity index (χ4v) is 5.35. The molecule has 0 aliphatic carbocycles. The van der Waals surface area contributed by atoms with Crippen molar-refractivity contribution in [1.29, 1.82) is 0 Å². The second-order valence-electron chi connectivity index (χ2n) is 9.81. The molecule has 2 atom stereocenters. The van der Waals surface area contributed by atoms with Gasteiger partial charge in [-0.25, -0.2) is 14.7 Å². The summed E-state index contributed by atoms with van der Waals surface area (Å²) in [6.45, 7) is 3.62. The van der Waals surface area contributed by atoms with Gasteiger partial charge in [-0.1, -0.05) is 30.3 Å². The molecule has 6 nitrogen and oxygen atoms in total. The molecule has 1 amide bonds. The monoisotopic (exact) mass is 516 g/mol. The van der Waals surface area contributed by atoms with Crippen LogP contribution in [0, 0.1) is 5.82 Å². The van der Waals surface area contributed by atoms with Gasteiger partial charge in [0.2, 0.25) is 0 Å². The predicted molar refractivity (Wildman–Crippen MR) is 145 cm³/mol. The standard InChI is InChI=1S/C31H33FN2O4/c1-31(24-9-6-22(7-10-24)8-17-29(35)33-38-30-5-3-4-20-37-30)28-16-15-27(36-2)21-23(28)18-19-34(31)26-13-11-25(32)12-14-26/h6-17,21,30H,3-5,18-20H2,1-2H3,(H,33,35). The number of fused-ring (bicyclic) bond motifs is 1. The highest BCUT2D eigenvalue weighted by molar-refractivity contribution is 5.90. The fourth-order valence-electron chi connectivity index (χ4n) is 5.35. The Morgan fingerprint density at radius 1 is 1.11 bits per heavy atom. The van der Waals surface area contributed by atoms with Crippen LogP contribution in [0.1, 0.15) is 48.4 Å². The van der Waals surface area contributed by atoms with Gasteiger partial charge in [0.15, 0.2) is 6.29 Å². The molecule has 3 aromatic rings. The maximum atomic E-state index is 13.7. The molecule has 198 valence electrons. The fraction of sp³-hybridized carbons (Fsp3) is 0.323. The van der Waals surface area contributed by atoms with Crippen LogP contribution in [0.3, 0.4) is 0 Å². The van der Waals surface area contributed by atoms with E-state index >= 15 is 0 Å². The lowest BCUT2D eigenvalue weighted by Crippen LogP contribution is -2.49. The summed E-state index contributed by atoms with van der Waals surface area (Å²) in [5.74, 6) is 0.237. The first-order valence-corrected chi connectivity index (χ1v) is 13.0. The van der Waals surface area contributed by atoms with E-state index in [-0.39, 0.29) is 18.0 Å². The Morgan fingerprint density at radius 2 is 1.89 bits per heavy atom. The molecule has 0 bridgehead atoms. The summed E-state index contributed by atoms with van der Waals surface area (Å²) in [7, 11) is 1.68. The van der Waals surface area contributed by atoms with Crippen LogP contribution < -0.4 is 15.1 Å². The Kier molecular flexibility index (Phi) is 7.77. The Labute approximate surface area is 223 Å². The number of anilines is 1. The zero-order chi connectivity index (χ0) is 26.5. The van der Waals surface area contributed by atoms with E-state index in [2.05, 4.69) is 41.6 Å². The number of halogens is 1. The third kappa shape index (κ3) is 5.44.